The molecule has 3 nitrogen and oxygen atoms in total. The minimum Gasteiger partial charge on any atom is -0.399 e. The predicted octanol–water partition coefficient (Wildman–Crippen LogP) is 4.08. The van der Waals surface area contributed by atoms with Gasteiger partial charge in [-0.05, 0) is 55.2 Å². The van der Waals surface area contributed by atoms with Crippen molar-refractivity contribution in [1.82, 2.24) is 5.32 Å². The number of anilines is 1. The van der Waals surface area contributed by atoms with Crippen LogP contribution in [0.2, 0.25) is 5.02 Å². The lowest BCUT2D eigenvalue weighted by atomic mass is 9.64. The van der Waals surface area contributed by atoms with E-state index in [0.717, 1.165) is 23.4 Å². The fraction of sp³-hybridized carbons (Fsp3) is 0.316. The van der Waals surface area contributed by atoms with Crippen LogP contribution < -0.4 is 11.1 Å². The quantitative estimate of drug-likeness (QED) is 0.831. The van der Waals surface area contributed by atoms with E-state index in [4.69, 9.17) is 17.3 Å². The molecule has 0 atom stereocenters. The summed E-state index contributed by atoms with van der Waals surface area (Å²) in [6.07, 6.45) is 3.37. The molecule has 1 fully saturated rings. The van der Waals surface area contributed by atoms with Crippen molar-refractivity contribution in [3.05, 3.63) is 64.2 Å². The van der Waals surface area contributed by atoms with Gasteiger partial charge in [0.2, 0.25) is 0 Å². The SMILES string of the molecule is Cc1ccc(N)cc1C(=O)NCC1(c2ccc(Cl)cc2)CCC1. The summed E-state index contributed by atoms with van der Waals surface area (Å²) >= 11 is 5.98. The molecule has 3 rings (SSSR count). The molecule has 2 aromatic carbocycles. The first kappa shape index (κ1) is 15.9. The Morgan fingerprint density at radius 2 is 1.91 bits per heavy atom. The molecule has 0 saturated heterocycles. The normalized spacial score (nSPS) is 15.7. The average molecular weight is 329 g/mol. The number of benzene rings is 2. The molecule has 2 aromatic rings. The van der Waals surface area contributed by atoms with Gasteiger partial charge in [0.15, 0.2) is 0 Å². The summed E-state index contributed by atoms with van der Waals surface area (Å²) < 4.78 is 0. The topological polar surface area (TPSA) is 55.1 Å². The lowest BCUT2D eigenvalue weighted by Gasteiger charge is -2.42. The third-order valence-corrected chi connectivity index (χ3v) is 5.11. The van der Waals surface area contributed by atoms with E-state index in [1.54, 1.807) is 6.07 Å². The van der Waals surface area contributed by atoms with Crippen molar-refractivity contribution in [2.24, 2.45) is 0 Å². The highest BCUT2D eigenvalue weighted by Crippen LogP contribution is 2.43. The minimum absolute atomic E-state index is 0.0362. The summed E-state index contributed by atoms with van der Waals surface area (Å²) in [6, 6.07) is 13.4. The average Bonchev–Trinajstić information content (AvgIpc) is 2.50. The van der Waals surface area contributed by atoms with Crippen molar-refractivity contribution in [3.63, 3.8) is 0 Å². The highest BCUT2D eigenvalue weighted by molar-refractivity contribution is 6.30. The van der Waals surface area contributed by atoms with Crippen LogP contribution in [-0.4, -0.2) is 12.5 Å². The number of nitrogens with two attached hydrogens (primary N) is 1. The largest absolute Gasteiger partial charge is 0.399 e. The van der Waals surface area contributed by atoms with Crippen molar-refractivity contribution < 1.29 is 4.79 Å². The summed E-state index contributed by atoms with van der Waals surface area (Å²) in [5.41, 5.74) is 9.27. The number of amides is 1. The summed E-state index contributed by atoms with van der Waals surface area (Å²) in [5.74, 6) is -0.0601. The van der Waals surface area contributed by atoms with Crippen LogP contribution in [0.1, 0.15) is 40.7 Å². The molecule has 1 saturated carbocycles. The van der Waals surface area contributed by atoms with E-state index in [0.29, 0.717) is 17.8 Å². The monoisotopic (exact) mass is 328 g/mol. The fourth-order valence-corrected chi connectivity index (χ4v) is 3.33. The molecule has 0 heterocycles. The Hall–Kier alpha value is -2.00. The number of nitrogen functional groups attached to an aromatic ring is 1. The maximum absolute atomic E-state index is 12.5. The zero-order chi connectivity index (χ0) is 16.4. The Labute approximate surface area is 141 Å². The van der Waals surface area contributed by atoms with Crippen LogP contribution in [0.15, 0.2) is 42.5 Å². The number of hydrogen-bond donors (Lipinski definition) is 2. The lowest BCUT2D eigenvalue weighted by Crippen LogP contribution is -2.45. The van der Waals surface area contributed by atoms with Crippen LogP contribution in [0.4, 0.5) is 5.69 Å². The molecular weight excluding hydrogens is 308 g/mol. The Morgan fingerprint density at radius 1 is 1.22 bits per heavy atom. The summed E-state index contributed by atoms with van der Waals surface area (Å²) in [4.78, 5) is 12.5. The van der Waals surface area contributed by atoms with Gasteiger partial charge in [-0.2, -0.15) is 0 Å². The summed E-state index contributed by atoms with van der Waals surface area (Å²) in [5, 5.41) is 3.83. The Balaban J connectivity index is 1.74. The maximum atomic E-state index is 12.5. The number of carbonyl (C=O) groups is 1. The van der Waals surface area contributed by atoms with Gasteiger partial charge in [-0.3, -0.25) is 4.79 Å². The Bertz CT molecular complexity index is 721. The predicted molar refractivity (Wildman–Crippen MR) is 94.9 cm³/mol. The molecule has 1 aliphatic rings. The van der Waals surface area contributed by atoms with Gasteiger partial charge in [0.05, 0.1) is 0 Å². The molecular formula is C19H21ClN2O. The van der Waals surface area contributed by atoms with Crippen LogP contribution in [0.5, 0.6) is 0 Å². The van der Waals surface area contributed by atoms with E-state index >= 15 is 0 Å². The van der Waals surface area contributed by atoms with Crippen LogP contribution in [-0.2, 0) is 5.41 Å². The fourth-order valence-electron chi connectivity index (χ4n) is 3.20. The molecule has 3 N–H and O–H groups in total. The molecule has 0 radical (unpaired) electrons. The van der Waals surface area contributed by atoms with Crippen molar-refractivity contribution in [2.45, 2.75) is 31.6 Å². The molecule has 0 spiro atoms. The Kier molecular flexibility index (Phi) is 4.31. The van der Waals surface area contributed by atoms with E-state index < -0.39 is 0 Å². The summed E-state index contributed by atoms with van der Waals surface area (Å²) in [7, 11) is 0. The molecule has 1 aliphatic carbocycles. The second kappa shape index (κ2) is 6.25. The van der Waals surface area contributed by atoms with E-state index in [-0.39, 0.29) is 11.3 Å². The molecule has 120 valence electrons. The van der Waals surface area contributed by atoms with Gasteiger partial charge in [-0.25, -0.2) is 0 Å². The number of aryl methyl sites for hydroxylation is 1. The van der Waals surface area contributed by atoms with Gasteiger partial charge in [-0.15, -0.1) is 0 Å². The van der Waals surface area contributed by atoms with Crippen molar-refractivity contribution in [2.75, 3.05) is 12.3 Å². The second-order valence-electron chi connectivity index (χ2n) is 6.40. The molecule has 1 amide bonds. The van der Waals surface area contributed by atoms with Gasteiger partial charge < -0.3 is 11.1 Å². The zero-order valence-corrected chi connectivity index (χ0v) is 14.0. The molecule has 4 heteroatoms. The molecule has 23 heavy (non-hydrogen) atoms. The van der Waals surface area contributed by atoms with Crippen molar-refractivity contribution in [1.29, 1.82) is 0 Å². The highest BCUT2D eigenvalue weighted by atomic mass is 35.5. The third kappa shape index (κ3) is 3.20. The number of carbonyl (C=O) groups excluding carboxylic acids is 1. The number of hydrogen-bond acceptors (Lipinski definition) is 2. The second-order valence-corrected chi connectivity index (χ2v) is 6.83. The zero-order valence-electron chi connectivity index (χ0n) is 13.2. The summed E-state index contributed by atoms with van der Waals surface area (Å²) in [6.45, 7) is 2.56. The van der Waals surface area contributed by atoms with Crippen LogP contribution in [0, 0.1) is 6.92 Å². The van der Waals surface area contributed by atoms with Gasteiger partial charge in [-0.1, -0.05) is 36.2 Å². The van der Waals surface area contributed by atoms with E-state index in [9.17, 15) is 4.79 Å². The number of halogens is 1. The lowest BCUT2D eigenvalue weighted by molar-refractivity contribution is 0.0927. The number of rotatable bonds is 4. The van der Waals surface area contributed by atoms with Crippen molar-refractivity contribution >= 4 is 23.2 Å². The van der Waals surface area contributed by atoms with Crippen LogP contribution in [0.3, 0.4) is 0 Å². The standard InChI is InChI=1S/C19H21ClN2O/c1-13-3-8-16(21)11-17(13)18(23)22-12-19(9-2-10-19)14-4-6-15(20)7-5-14/h3-8,11H,2,9-10,12,21H2,1H3,(H,22,23). The molecule has 0 bridgehead atoms. The van der Waals surface area contributed by atoms with Gasteiger partial charge >= 0.3 is 0 Å². The first-order valence-corrected chi connectivity index (χ1v) is 8.28. The van der Waals surface area contributed by atoms with Crippen molar-refractivity contribution in [3.8, 4) is 0 Å². The maximum Gasteiger partial charge on any atom is 0.251 e. The molecule has 0 aromatic heterocycles. The van der Waals surface area contributed by atoms with E-state index in [2.05, 4.69) is 17.4 Å². The Morgan fingerprint density at radius 3 is 2.52 bits per heavy atom. The van der Waals surface area contributed by atoms with E-state index in [1.165, 1.54) is 12.0 Å². The number of nitrogens with one attached hydrogen (secondary N) is 1. The van der Waals surface area contributed by atoms with Crippen LogP contribution in [0.25, 0.3) is 0 Å². The first-order chi connectivity index (χ1) is 11.0. The third-order valence-electron chi connectivity index (χ3n) is 4.86. The first-order valence-electron chi connectivity index (χ1n) is 7.91. The molecule has 0 unspecified atom stereocenters. The van der Waals surface area contributed by atoms with Gasteiger partial charge in [0, 0.05) is 28.2 Å². The minimum atomic E-state index is -0.0601. The van der Waals surface area contributed by atoms with Crippen LogP contribution >= 0.6 is 11.6 Å². The highest BCUT2D eigenvalue weighted by Gasteiger charge is 2.38. The molecule has 0 aliphatic heterocycles. The van der Waals surface area contributed by atoms with Gasteiger partial charge in [0.1, 0.15) is 0 Å². The van der Waals surface area contributed by atoms with E-state index in [1.807, 2.05) is 31.2 Å². The van der Waals surface area contributed by atoms with Gasteiger partial charge in [0.25, 0.3) is 5.91 Å². The smallest absolute Gasteiger partial charge is 0.251 e.